The van der Waals surface area contributed by atoms with E-state index in [1.54, 1.807) is 0 Å². The van der Waals surface area contributed by atoms with Crippen molar-refractivity contribution in [1.82, 2.24) is 10.6 Å². The van der Waals surface area contributed by atoms with Gasteiger partial charge in [0.05, 0.1) is 12.1 Å². The van der Waals surface area contributed by atoms with E-state index in [1.807, 2.05) is 37.3 Å². The molecular weight excluding hydrogens is 373 g/mol. The van der Waals surface area contributed by atoms with Crippen LogP contribution in [0.1, 0.15) is 44.6 Å². The summed E-state index contributed by atoms with van der Waals surface area (Å²) in [5.74, 6) is 0.00531. The van der Waals surface area contributed by atoms with Crippen LogP contribution in [0.25, 0.3) is 0 Å². The highest BCUT2D eigenvalue weighted by atomic mass is 35.5. The summed E-state index contributed by atoms with van der Waals surface area (Å²) in [5, 5.41) is 16.4. The van der Waals surface area contributed by atoms with Crippen LogP contribution < -0.4 is 16.4 Å². The maximum atomic E-state index is 12.2. The fraction of sp³-hybridized carbons (Fsp3) is 0.632. The number of rotatable bonds is 8. The van der Waals surface area contributed by atoms with E-state index in [9.17, 15) is 9.90 Å². The molecule has 2 rings (SSSR count). The molecule has 7 heteroatoms. The molecule has 1 aliphatic rings. The highest BCUT2D eigenvalue weighted by molar-refractivity contribution is 5.85. The van der Waals surface area contributed by atoms with E-state index in [-0.39, 0.29) is 42.8 Å². The van der Waals surface area contributed by atoms with Crippen LogP contribution in [-0.2, 0) is 11.2 Å². The van der Waals surface area contributed by atoms with Crippen LogP contribution in [0.15, 0.2) is 30.3 Å². The van der Waals surface area contributed by atoms with E-state index in [1.165, 1.54) is 19.3 Å². The summed E-state index contributed by atoms with van der Waals surface area (Å²) in [4.78, 5) is 12.2. The Labute approximate surface area is 169 Å². The molecule has 1 aliphatic carbocycles. The number of nitrogens with one attached hydrogen (secondary N) is 2. The minimum atomic E-state index is -0.685. The number of hydrogen-bond donors (Lipinski definition) is 4. The maximum absolute atomic E-state index is 12.2. The SMILES string of the molecule is CC(NC[C@@H](O)[C@@H](N)Cc1ccccc1)C(=O)NC1CCCCC1.Cl.Cl. The fourth-order valence-corrected chi connectivity index (χ4v) is 3.14. The van der Waals surface area contributed by atoms with Gasteiger partial charge in [0.25, 0.3) is 0 Å². The summed E-state index contributed by atoms with van der Waals surface area (Å²) in [6, 6.07) is 9.51. The number of carbonyl (C=O) groups is 1. The third kappa shape index (κ3) is 8.69. The van der Waals surface area contributed by atoms with Gasteiger partial charge in [0, 0.05) is 18.6 Å². The van der Waals surface area contributed by atoms with Gasteiger partial charge in [-0.25, -0.2) is 0 Å². The number of amides is 1. The van der Waals surface area contributed by atoms with Gasteiger partial charge in [0.15, 0.2) is 0 Å². The highest BCUT2D eigenvalue weighted by Crippen LogP contribution is 2.17. The second-order valence-electron chi connectivity index (χ2n) is 6.89. The summed E-state index contributed by atoms with van der Waals surface area (Å²) >= 11 is 0. The second kappa shape index (κ2) is 13.3. The lowest BCUT2D eigenvalue weighted by atomic mass is 9.95. The molecule has 0 radical (unpaired) electrons. The molecule has 1 fully saturated rings. The number of hydrogen-bond acceptors (Lipinski definition) is 4. The van der Waals surface area contributed by atoms with Gasteiger partial charge < -0.3 is 21.5 Å². The monoisotopic (exact) mass is 405 g/mol. The minimum absolute atomic E-state index is 0. The van der Waals surface area contributed by atoms with Gasteiger partial charge in [-0.1, -0.05) is 49.6 Å². The Morgan fingerprint density at radius 1 is 1.19 bits per heavy atom. The molecule has 1 amide bonds. The average molecular weight is 406 g/mol. The van der Waals surface area contributed by atoms with E-state index < -0.39 is 6.10 Å². The molecule has 0 aromatic heterocycles. The van der Waals surface area contributed by atoms with E-state index >= 15 is 0 Å². The molecule has 0 saturated heterocycles. The number of aliphatic hydroxyl groups is 1. The number of nitrogens with two attached hydrogens (primary N) is 1. The molecule has 1 aromatic carbocycles. The molecule has 0 spiro atoms. The zero-order valence-corrected chi connectivity index (χ0v) is 17.0. The minimum Gasteiger partial charge on any atom is -0.390 e. The molecule has 3 atom stereocenters. The van der Waals surface area contributed by atoms with Gasteiger partial charge in [-0.05, 0) is 31.7 Å². The van der Waals surface area contributed by atoms with Crippen molar-refractivity contribution in [2.75, 3.05) is 6.54 Å². The van der Waals surface area contributed by atoms with Gasteiger partial charge in [-0.3, -0.25) is 4.79 Å². The third-order valence-corrected chi connectivity index (χ3v) is 4.79. The predicted molar refractivity (Wildman–Crippen MR) is 111 cm³/mol. The molecule has 1 saturated carbocycles. The topological polar surface area (TPSA) is 87.4 Å². The van der Waals surface area contributed by atoms with Crippen molar-refractivity contribution >= 4 is 30.7 Å². The maximum Gasteiger partial charge on any atom is 0.237 e. The summed E-state index contributed by atoms with van der Waals surface area (Å²) in [6.07, 6.45) is 5.74. The summed E-state index contributed by atoms with van der Waals surface area (Å²) in [6.45, 7) is 2.14. The van der Waals surface area contributed by atoms with Crippen molar-refractivity contribution in [3.05, 3.63) is 35.9 Å². The molecule has 5 nitrogen and oxygen atoms in total. The van der Waals surface area contributed by atoms with Gasteiger partial charge in [0.2, 0.25) is 5.91 Å². The molecule has 0 bridgehead atoms. The molecule has 1 unspecified atom stereocenters. The van der Waals surface area contributed by atoms with Crippen molar-refractivity contribution < 1.29 is 9.90 Å². The average Bonchev–Trinajstić information content (AvgIpc) is 2.61. The Bertz CT molecular complexity index is 499. The van der Waals surface area contributed by atoms with Crippen LogP contribution in [0, 0.1) is 0 Å². The molecule has 0 heterocycles. The normalized spacial score (nSPS) is 18.0. The van der Waals surface area contributed by atoms with Gasteiger partial charge in [-0.2, -0.15) is 0 Å². The molecule has 5 N–H and O–H groups in total. The second-order valence-corrected chi connectivity index (χ2v) is 6.89. The molecule has 1 aromatic rings. The van der Waals surface area contributed by atoms with Crippen molar-refractivity contribution in [3.63, 3.8) is 0 Å². The molecule has 0 aliphatic heterocycles. The Kier molecular flexibility index (Phi) is 12.9. The predicted octanol–water partition coefficient (Wildman–Crippen LogP) is 2.19. The van der Waals surface area contributed by atoms with Crippen LogP contribution >= 0.6 is 24.8 Å². The lowest BCUT2D eigenvalue weighted by Crippen LogP contribution is -2.51. The fourth-order valence-electron chi connectivity index (χ4n) is 3.14. The number of halogens is 2. The van der Waals surface area contributed by atoms with Crippen LogP contribution in [0.3, 0.4) is 0 Å². The van der Waals surface area contributed by atoms with Gasteiger partial charge in [-0.15, -0.1) is 24.8 Å². The first-order chi connectivity index (χ1) is 11.6. The van der Waals surface area contributed by atoms with Crippen molar-refractivity contribution in [3.8, 4) is 0 Å². The Morgan fingerprint density at radius 2 is 1.81 bits per heavy atom. The summed E-state index contributed by atoms with van der Waals surface area (Å²) < 4.78 is 0. The zero-order chi connectivity index (χ0) is 17.4. The van der Waals surface area contributed by atoms with Gasteiger partial charge >= 0.3 is 0 Å². The Balaban J connectivity index is 0.00000312. The summed E-state index contributed by atoms with van der Waals surface area (Å²) in [7, 11) is 0. The first kappa shape index (κ1) is 25.1. The lowest BCUT2D eigenvalue weighted by molar-refractivity contribution is -0.123. The number of carbonyl (C=O) groups excluding carboxylic acids is 1. The number of benzene rings is 1. The van der Waals surface area contributed by atoms with Crippen LogP contribution in [0.2, 0.25) is 0 Å². The molecule has 150 valence electrons. The first-order valence-electron chi connectivity index (χ1n) is 9.07. The van der Waals surface area contributed by atoms with E-state index in [0.29, 0.717) is 19.0 Å². The Morgan fingerprint density at radius 3 is 2.42 bits per heavy atom. The largest absolute Gasteiger partial charge is 0.390 e. The molecular formula is C19H33Cl2N3O2. The number of aliphatic hydroxyl groups excluding tert-OH is 1. The highest BCUT2D eigenvalue weighted by Gasteiger charge is 2.21. The standard InChI is InChI=1S/C19H31N3O2.2ClH/c1-14(19(24)22-16-10-6-3-7-11-16)21-13-18(23)17(20)12-15-8-4-2-5-9-15;;/h2,4-5,8-9,14,16-18,21,23H,3,6-7,10-13,20H2,1H3,(H,22,24);2*1H/t14?,17-,18+;;/m0../s1. The molecule has 26 heavy (non-hydrogen) atoms. The van der Waals surface area contributed by atoms with Crippen LogP contribution in [0.4, 0.5) is 0 Å². The van der Waals surface area contributed by atoms with Crippen molar-refractivity contribution in [2.45, 2.75) is 69.7 Å². The third-order valence-electron chi connectivity index (χ3n) is 4.79. The van der Waals surface area contributed by atoms with Crippen LogP contribution in [-0.4, -0.2) is 41.8 Å². The van der Waals surface area contributed by atoms with Crippen LogP contribution in [0.5, 0.6) is 0 Å². The van der Waals surface area contributed by atoms with E-state index in [0.717, 1.165) is 18.4 Å². The first-order valence-corrected chi connectivity index (χ1v) is 9.07. The Hall–Kier alpha value is -0.850. The van der Waals surface area contributed by atoms with E-state index in [2.05, 4.69) is 10.6 Å². The van der Waals surface area contributed by atoms with Crippen molar-refractivity contribution in [2.24, 2.45) is 5.73 Å². The van der Waals surface area contributed by atoms with Crippen molar-refractivity contribution in [1.29, 1.82) is 0 Å². The lowest BCUT2D eigenvalue weighted by Gasteiger charge is -2.26. The smallest absolute Gasteiger partial charge is 0.237 e. The van der Waals surface area contributed by atoms with Gasteiger partial charge in [0.1, 0.15) is 0 Å². The summed E-state index contributed by atoms with van der Waals surface area (Å²) in [5.41, 5.74) is 7.17. The van der Waals surface area contributed by atoms with E-state index in [4.69, 9.17) is 5.73 Å². The zero-order valence-electron chi connectivity index (χ0n) is 15.4. The quantitative estimate of drug-likeness (QED) is 0.533.